The zero-order valence-electron chi connectivity index (χ0n) is 15.7. The number of thiophene rings is 1. The van der Waals surface area contributed by atoms with Gasteiger partial charge >= 0.3 is 0 Å². The number of rotatable bonds is 4. The van der Waals surface area contributed by atoms with Crippen LogP contribution in [0.15, 0.2) is 39.0 Å². The number of benzene rings is 1. The molecule has 0 amide bonds. The molecule has 4 heterocycles. The van der Waals surface area contributed by atoms with Gasteiger partial charge in [-0.15, -0.1) is 11.3 Å². The highest BCUT2D eigenvalue weighted by atomic mass is 32.2. The molecule has 154 valence electrons. The number of sulfonamides is 1. The van der Waals surface area contributed by atoms with Gasteiger partial charge in [-0.25, -0.2) is 8.42 Å². The lowest BCUT2D eigenvalue weighted by atomic mass is 10.1. The van der Waals surface area contributed by atoms with Crippen LogP contribution in [-0.2, 0) is 34.4 Å². The lowest BCUT2D eigenvalue weighted by Gasteiger charge is -2.27. The first-order valence-corrected chi connectivity index (χ1v) is 12.2. The van der Waals surface area contributed by atoms with E-state index in [0.717, 1.165) is 19.5 Å². The van der Waals surface area contributed by atoms with Gasteiger partial charge in [0.15, 0.2) is 5.58 Å². The largest absolute Gasteiger partial charge is 0.429 e. The Kier molecular flexibility index (Phi) is 5.09. The molecule has 5 rings (SSSR count). The van der Waals surface area contributed by atoms with Crippen molar-refractivity contribution in [3.63, 3.8) is 0 Å². The second kappa shape index (κ2) is 7.60. The molecule has 7 nitrogen and oxygen atoms in total. The molecule has 10 heteroatoms. The van der Waals surface area contributed by atoms with Crippen molar-refractivity contribution in [2.45, 2.75) is 24.5 Å². The molecule has 0 spiro atoms. The topological polar surface area (TPSA) is 67.9 Å². The van der Waals surface area contributed by atoms with Crippen molar-refractivity contribution in [2.24, 2.45) is 0 Å². The molecule has 0 unspecified atom stereocenters. The monoisotopic (exact) mass is 451 g/mol. The number of aromatic nitrogens is 1. The summed E-state index contributed by atoms with van der Waals surface area (Å²) in [6, 6.07) is 7.14. The fourth-order valence-corrected chi connectivity index (χ4v) is 6.46. The first-order valence-electron chi connectivity index (χ1n) is 9.51. The highest BCUT2D eigenvalue weighted by Crippen LogP contribution is 2.27. The van der Waals surface area contributed by atoms with Crippen LogP contribution in [0.1, 0.15) is 10.4 Å². The second-order valence-corrected chi connectivity index (χ2v) is 10.5. The Morgan fingerprint density at radius 3 is 2.79 bits per heavy atom. The molecule has 0 saturated carbocycles. The van der Waals surface area contributed by atoms with Crippen molar-refractivity contribution in [3.8, 4) is 0 Å². The van der Waals surface area contributed by atoms with Gasteiger partial charge in [0.25, 0.3) is 4.84 Å². The van der Waals surface area contributed by atoms with Crippen LogP contribution in [0.4, 0.5) is 0 Å². The minimum Gasteiger partial charge on any atom is -0.429 e. The number of hydrogen-bond acceptors (Lipinski definition) is 7. The lowest BCUT2D eigenvalue weighted by molar-refractivity contribution is 0.0730. The summed E-state index contributed by atoms with van der Waals surface area (Å²) >= 11 is 7.25. The molecule has 0 bridgehead atoms. The number of morpholine rings is 1. The van der Waals surface area contributed by atoms with Crippen LogP contribution in [0.2, 0.25) is 0 Å². The van der Waals surface area contributed by atoms with Crippen molar-refractivity contribution in [1.82, 2.24) is 13.8 Å². The molecule has 0 N–H and O–H groups in total. The Balaban J connectivity index is 1.47. The van der Waals surface area contributed by atoms with Crippen molar-refractivity contribution in [2.75, 3.05) is 32.8 Å². The Morgan fingerprint density at radius 2 is 1.97 bits per heavy atom. The predicted molar refractivity (Wildman–Crippen MR) is 113 cm³/mol. The van der Waals surface area contributed by atoms with E-state index in [1.54, 1.807) is 29.5 Å². The van der Waals surface area contributed by atoms with Crippen LogP contribution in [0.25, 0.3) is 11.1 Å². The maximum atomic E-state index is 13.0. The van der Waals surface area contributed by atoms with E-state index in [0.29, 0.717) is 48.9 Å². The average Bonchev–Trinajstić information content (AvgIpc) is 3.32. The quantitative estimate of drug-likeness (QED) is 0.568. The van der Waals surface area contributed by atoms with Crippen LogP contribution in [0.3, 0.4) is 0 Å². The molecular weight excluding hydrogens is 430 g/mol. The highest BCUT2D eigenvalue weighted by molar-refractivity contribution is 7.89. The smallest absolute Gasteiger partial charge is 0.270 e. The molecule has 0 aliphatic carbocycles. The molecule has 1 fully saturated rings. The molecular formula is C19H21N3O4S3. The van der Waals surface area contributed by atoms with Gasteiger partial charge < -0.3 is 9.15 Å². The summed E-state index contributed by atoms with van der Waals surface area (Å²) in [7, 11) is -3.57. The van der Waals surface area contributed by atoms with Crippen LogP contribution < -0.4 is 0 Å². The summed E-state index contributed by atoms with van der Waals surface area (Å²) in [6.45, 7) is 3.95. The minimum absolute atomic E-state index is 0.259. The number of ether oxygens (including phenoxy) is 1. The summed E-state index contributed by atoms with van der Waals surface area (Å²) in [4.78, 5) is 4.37. The van der Waals surface area contributed by atoms with Crippen LogP contribution in [-0.4, -0.2) is 55.0 Å². The number of fused-ring (bicyclic) bond motifs is 2. The summed E-state index contributed by atoms with van der Waals surface area (Å²) in [6.07, 6.45) is 1.02. The molecule has 1 aromatic carbocycles. The van der Waals surface area contributed by atoms with Crippen LogP contribution in [0.5, 0.6) is 0 Å². The van der Waals surface area contributed by atoms with Gasteiger partial charge in [-0.05, 0) is 53.8 Å². The first-order chi connectivity index (χ1) is 14.0. The average molecular weight is 452 g/mol. The maximum absolute atomic E-state index is 13.0. The number of hydrogen-bond donors (Lipinski definition) is 0. The fourth-order valence-electron chi connectivity index (χ4n) is 3.90. The summed E-state index contributed by atoms with van der Waals surface area (Å²) in [5, 5.41) is 2.13. The van der Waals surface area contributed by atoms with Crippen molar-refractivity contribution in [3.05, 3.63) is 44.9 Å². The Bertz CT molecular complexity index is 1200. The standard InChI is InChI=1S/C19H21N3O4S3/c23-29(24,21-6-8-25-9-7-21)15-1-2-17-16(11-15)22(19(27)26-17)13-20-5-3-18-14(12-20)4-10-28-18/h1-2,4,10-11H,3,5-9,12-13H2. The van der Waals surface area contributed by atoms with Gasteiger partial charge in [0.2, 0.25) is 10.0 Å². The van der Waals surface area contributed by atoms with Crippen molar-refractivity contribution >= 4 is 44.7 Å². The van der Waals surface area contributed by atoms with Gasteiger partial charge in [-0.1, -0.05) is 0 Å². The van der Waals surface area contributed by atoms with E-state index >= 15 is 0 Å². The first kappa shape index (κ1) is 19.4. The fraction of sp³-hybridized carbons (Fsp3) is 0.421. The third-order valence-electron chi connectivity index (χ3n) is 5.47. The van der Waals surface area contributed by atoms with Crippen molar-refractivity contribution in [1.29, 1.82) is 0 Å². The van der Waals surface area contributed by atoms with Crippen LogP contribution in [0, 0.1) is 4.84 Å². The maximum Gasteiger partial charge on any atom is 0.270 e. The molecule has 1 saturated heterocycles. The number of oxazole rings is 1. The van der Waals surface area contributed by atoms with Gasteiger partial charge in [-0.3, -0.25) is 9.47 Å². The van der Waals surface area contributed by atoms with Crippen LogP contribution >= 0.6 is 23.6 Å². The van der Waals surface area contributed by atoms with E-state index in [1.165, 1.54) is 14.7 Å². The Morgan fingerprint density at radius 1 is 1.14 bits per heavy atom. The Labute approximate surface area is 178 Å². The molecule has 29 heavy (non-hydrogen) atoms. The molecule has 3 aromatic rings. The molecule has 2 aliphatic rings. The SMILES string of the molecule is O=S(=O)(c1ccc2oc(=S)n(CN3CCc4sccc4C3)c2c1)N1CCOCC1. The third-order valence-corrected chi connectivity index (χ3v) is 8.70. The normalized spacial score (nSPS) is 18.9. The molecule has 0 atom stereocenters. The molecule has 0 radical (unpaired) electrons. The second-order valence-electron chi connectivity index (χ2n) is 7.25. The van der Waals surface area contributed by atoms with Gasteiger partial charge in [0.1, 0.15) is 0 Å². The van der Waals surface area contributed by atoms with E-state index in [9.17, 15) is 8.42 Å². The lowest BCUT2D eigenvalue weighted by Crippen LogP contribution is -2.40. The summed E-state index contributed by atoms with van der Waals surface area (Å²) < 4.78 is 40.5. The van der Waals surface area contributed by atoms with Gasteiger partial charge in [-0.2, -0.15) is 4.31 Å². The zero-order valence-corrected chi connectivity index (χ0v) is 18.2. The summed E-state index contributed by atoms with van der Waals surface area (Å²) in [5.41, 5.74) is 2.67. The van der Waals surface area contributed by atoms with E-state index < -0.39 is 10.0 Å². The third kappa shape index (κ3) is 3.58. The predicted octanol–water partition coefficient (Wildman–Crippen LogP) is 3.06. The van der Waals surface area contributed by atoms with Crippen molar-refractivity contribution < 1.29 is 17.6 Å². The van der Waals surface area contributed by atoms with E-state index in [4.69, 9.17) is 21.4 Å². The molecule has 2 aromatic heterocycles. The van der Waals surface area contributed by atoms with E-state index in [2.05, 4.69) is 16.3 Å². The minimum atomic E-state index is -3.57. The van der Waals surface area contributed by atoms with E-state index in [1.807, 2.05) is 4.57 Å². The zero-order chi connectivity index (χ0) is 20.0. The summed E-state index contributed by atoms with van der Waals surface area (Å²) in [5.74, 6) is 0. The molecule has 2 aliphatic heterocycles. The number of nitrogens with zero attached hydrogens (tertiary/aromatic N) is 3. The van der Waals surface area contributed by atoms with E-state index in [-0.39, 0.29) is 4.90 Å². The van der Waals surface area contributed by atoms with Gasteiger partial charge in [0.05, 0.1) is 30.3 Å². The Hall–Kier alpha value is -1.56. The van der Waals surface area contributed by atoms with Gasteiger partial charge in [0, 0.05) is 31.1 Å². The highest BCUT2D eigenvalue weighted by Gasteiger charge is 2.27.